The zero-order valence-corrected chi connectivity index (χ0v) is 7.23. The fraction of sp³-hybridized carbons (Fsp3) is 0.889. The van der Waals surface area contributed by atoms with E-state index in [-0.39, 0.29) is 5.91 Å². The van der Waals surface area contributed by atoms with Crippen molar-refractivity contribution in [1.82, 2.24) is 5.32 Å². The minimum absolute atomic E-state index is 0.239. The van der Waals surface area contributed by atoms with Gasteiger partial charge in [0.15, 0.2) is 0 Å². The number of hydrogen-bond donors (Lipinski definition) is 1. The molecule has 1 aliphatic heterocycles. The lowest BCUT2D eigenvalue weighted by Gasteiger charge is -2.09. The highest BCUT2D eigenvalue weighted by Crippen LogP contribution is 2.18. The van der Waals surface area contributed by atoms with Gasteiger partial charge >= 0.3 is 0 Å². The van der Waals surface area contributed by atoms with Gasteiger partial charge in [0, 0.05) is 13.0 Å². The van der Waals surface area contributed by atoms with Crippen molar-refractivity contribution in [2.24, 2.45) is 5.92 Å². The van der Waals surface area contributed by atoms with Crippen LogP contribution in [0.5, 0.6) is 0 Å². The maximum atomic E-state index is 10.9. The lowest BCUT2D eigenvalue weighted by Crippen LogP contribution is -2.21. The SMILES string of the molecule is CCC[C@H]1CCNC(=O)CC1. The summed E-state index contributed by atoms with van der Waals surface area (Å²) in [7, 11) is 0. The molecule has 1 saturated heterocycles. The molecule has 0 radical (unpaired) electrons. The van der Waals surface area contributed by atoms with Gasteiger partial charge < -0.3 is 5.32 Å². The van der Waals surface area contributed by atoms with Crippen LogP contribution in [0.2, 0.25) is 0 Å². The van der Waals surface area contributed by atoms with Crippen LogP contribution < -0.4 is 5.32 Å². The van der Waals surface area contributed by atoms with Gasteiger partial charge in [-0.2, -0.15) is 0 Å². The summed E-state index contributed by atoms with van der Waals surface area (Å²) in [5, 5.41) is 2.89. The second kappa shape index (κ2) is 4.37. The zero-order valence-electron chi connectivity index (χ0n) is 7.23. The lowest BCUT2D eigenvalue weighted by molar-refractivity contribution is -0.120. The Morgan fingerprint density at radius 1 is 1.55 bits per heavy atom. The summed E-state index contributed by atoms with van der Waals surface area (Å²) in [5.74, 6) is 1.03. The first-order valence-corrected chi connectivity index (χ1v) is 4.59. The molecule has 0 unspecified atom stereocenters. The van der Waals surface area contributed by atoms with Crippen LogP contribution in [0.4, 0.5) is 0 Å². The number of amides is 1. The summed E-state index contributed by atoms with van der Waals surface area (Å²) in [5.41, 5.74) is 0. The number of carbonyl (C=O) groups excluding carboxylic acids is 1. The molecule has 1 N–H and O–H groups in total. The highest BCUT2D eigenvalue weighted by atomic mass is 16.1. The predicted octanol–water partition coefficient (Wildman–Crippen LogP) is 1.70. The topological polar surface area (TPSA) is 29.1 Å². The van der Waals surface area contributed by atoms with E-state index in [1.807, 2.05) is 0 Å². The second-order valence-corrected chi connectivity index (χ2v) is 3.33. The van der Waals surface area contributed by atoms with E-state index in [2.05, 4.69) is 12.2 Å². The van der Waals surface area contributed by atoms with Gasteiger partial charge in [-0.15, -0.1) is 0 Å². The minimum Gasteiger partial charge on any atom is -0.356 e. The lowest BCUT2D eigenvalue weighted by atomic mass is 9.96. The molecule has 0 aromatic carbocycles. The Kier molecular flexibility index (Phi) is 3.40. The smallest absolute Gasteiger partial charge is 0.220 e. The normalized spacial score (nSPS) is 25.9. The number of carbonyl (C=O) groups is 1. The minimum atomic E-state index is 0.239. The van der Waals surface area contributed by atoms with E-state index in [0.29, 0.717) is 0 Å². The maximum Gasteiger partial charge on any atom is 0.220 e. The van der Waals surface area contributed by atoms with Gasteiger partial charge in [-0.3, -0.25) is 4.79 Å². The third kappa shape index (κ3) is 2.91. The molecule has 1 rings (SSSR count). The molecule has 1 aliphatic rings. The van der Waals surface area contributed by atoms with Gasteiger partial charge in [-0.1, -0.05) is 19.8 Å². The Balaban J connectivity index is 2.28. The third-order valence-corrected chi connectivity index (χ3v) is 2.35. The average Bonchev–Trinajstić information content (AvgIpc) is 2.17. The van der Waals surface area contributed by atoms with Crippen molar-refractivity contribution in [2.45, 2.75) is 39.0 Å². The van der Waals surface area contributed by atoms with E-state index in [1.54, 1.807) is 0 Å². The van der Waals surface area contributed by atoms with Crippen LogP contribution in [0.3, 0.4) is 0 Å². The Morgan fingerprint density at radius 2 is 2.36 bits per heavy atom. The molecule has 0 bridgehead atoms. The summed E-state index contributed by atoms with van der Waals surface area (Å²) in [4.78, 5) is 10.9. The van der Waals surface area contributed by atoms with Gasteiger partial charge in [0.25, 0.3) is 0 Å². The largest absolute Gasteiger partial charge is 0.356 e. The summed E-state index contributed by atoms with van der Waals surface area (Å²) in [6.07, 6.45) is 5.55. The first kappa shape index (κ1) is 8.57. The van der Waals surface area contributed by atoms with Crippen LogP contribution >= 0.6 is 0 Å². The van der Waals surface area contributed by atoms with Crippen molar-refractivity contribution in [3.63, 3.8) is 0 Å². The third-order valence-electron chi connectivity index (χ3n) is 2.35. The van der Waals surface area contributed by atoms with Crippen molar-refractivity contribution in [2.75, 3.05) is 6.54 Å². The molecule has 1 atom stereocenters. The Morgan fingerprint density at radius 3 is 3.09 bits per heavy atom. The monoisotopic (exact) mass is 155 g/mol. The van der Waals surface area contributed by atoms with Crippen molar-refractivity contribution in [1.29, 1.82) is 0 Å². The fourth-order valence-corrected chi connectivity index (χ4v) is 1.68. The van der Waals surface area contributed by atoms with Gasteiger partial charge in [0.1, 0.15) is 0 Å². The molecule has 1 heterocycles. The van der Waals surface area contributed by atoms with E-state index in [1.165, 1.54) is 19.3 Å². The van der Waals surface area contributed by atoms with Crippen molar-refractivity contribution >= 4 is 5.91 Å². The Labute approximate surface area is 68.4 Å². The van der Waals surface area contributed by atoms with E-state index >= 15 is 0 Å². The highest BCUT2D eigenvalue weighted by Gasteiger charge is 2.14. The van der Waals surface area contributed by atoms with E-state index in [0.717, 1.165) is 25.3 Å². The molecule has 1 fully saturated rings. The molecule has 0 spiro atoms. The van der Waals surface area contributed by atoms with E-state index in [9.17, 15) is 4.79 Å². The van der Waals surface area contributed by atoms with E-state index < -0.39 is 0 Å². The summed E-state index contributed by atoms with van der Waals surface area (Å²) in [6, 6.07) is 0. The zero-order chi connectivity index (χ0) is 8.10. The number of nitrogens with one attached hydrogen (secondary N) is 1. The molecule has 2 nitrogen and oxygen atoms in total. The summed E-state index contributed by atoms with van der Waals surface area (Å²) in [6.45, 7) is 3.10. The van der Waals surface area contributed by atoms with Crippen LogP contribution in [0, 0.1) is 5.92 Å². The fourth-order valence-electron chi connectivity index (χ4n) is 1.68. The molecule has 2 heteroatoms. The average molecular weight is 155 g/mol. The molecular formula is C9H17NO. The van der Waals surface area contributed by atoms with Crippen molar-refractivity contribution in [3.05, 3.63) is 0 Å². The number of rotatable bonds is 2. The van der Waals surface area contributed by atoms with Crippen LogP contribution in [0.1, 0.15) is 39.0 Å². The van der Waals surface area contributed by atoms with Crippen LogP contribution in [0.15, 0.2) is 0 Å². The van der Waals surface area contributed by atoms with Gasteiger partial charge in [0.2, 0.25) is 5.91 Å². The summed E-state index contributed by atoms with van der Waals surface area (Å²) >= 11 is 0. The maximum absolute atomic E-state index is 10.9. The Hall–Kier alpha value is -0.530. The van der Waals surface area contributed by atoms with Crippen LogP contribution in [-0.4, -0.2) is 12.5 Å². The number of hydrogen-bond acceptors (Lipinski definition) is 1. The molecule has 0 aliphatic carbocycles. The van der Waals surface area contributed by atoms with Crippen LogP contribution in [-0.2, 0) is 4.79 Å². The molecule has 0 aromatic heterocycles. The molecule has 0 saturated carbocycles. The molecular weight excluding hydrogens is 138 g/mol. The molecule has 0 aromatic rings. The molecule has 11 heavy (non-hydrogen) atoms. The first-order valence-electron chi connectivity index (χ1n) is 4.59. The highest BCUT2D eigenvalue weighted by molar-refractivity contribution is 5.76. The second-order valence-electron chi connectivity index (χ2n) is 3.33. The summed E-state index contributed by atoms with van der Waals surface area (Å²) < 4.78 is 0. The van der Waals surface area contributed by atoms with Gasteiger partial charge in [-0.25, -0.2) is 0 Å². The van der Waals surface area contributed by atoms with Crippen LogP contribution in [0.25, 0.3) is 0 Å². The Bertz CT molecular complexity index is 134. The van der Waals surface area contributed by atoms with Crippen molar-refractivity contribution in [3.8, 4) is 0 Å². The molecule has 1 amide bonds. The van der Waals surface area contributed by atoms with E-state index in [4.69, 9.17) is 0 Å². The van der Waals surface area contributed by atoms with Crippen molar-refractivity contribution < 1.29 is 4.79 Å². The first-order chi connectivity index (χ1) is 5.33. The molecule has 64 valence electrons. The quantitative estimate of drug-likeness (QED) is 0.646. The predicted molar refractivity (Wildman–Crippen MR) is 45.3 cm³/mol. The van der Waals surface area contributed by atoms with Gasteiger partial charge in [0.05, 0.1) is 0 Å². The standard InChI is InChI=1S/C9H17NO/c1-2-3-8-4-5-9(11)10-7-6-8/h8H,2-7H2,1H3,(H,10,11)/t8-/m1/s1. The van der Waals surface area contributed by atoms with Gasteiger partial charge in [-0.05, 0) is 18.8 Å².